The van der Waals surface area contributed by atoms with Crippen LogP contribution in [0.15, 0.2) is 122 Å². The first-order chi connectivity index (χ1) is 33.0. The van der Waals surface area contributed by atoms with Crippen LogP contribution in [0.2, 0.25) is 0 Å². The lowest BCUT2D eigenvalue weighted by Gasteiger charge is -2.18. The third-order valence-corrected chi connectivity index (χ3v) is 11.0. The van der Waals surface area contributed by atoms with E-state index in [1.807, 2.05) is 6.08 Å². The maximum Gasteiger partial charge on any atom is 0.310 e. The maximum atomic E-state index is 12.8. The molecule has 378 valence electrons. The van der Waals surface area contributed by atoms with Crippen LogP contribution in [-0.4, -0.2) is 37.2 Å². The molecule has 0 heterocycles. The summed E-state index contributed by atoms with van der Waals surface area (Å²) in [7, 11) is 0. The third kappa shape index (κ3) is 52.6. The highest BCUT2D eigenvalue weighted by atomic mass is 16.6. The molecule has 1 atom stereocenters. The van der Waals surface area contributed by atoms with Crippen LogP contribution >= 0.6 is 0 Å². The van der Waals surface area contributed by atoms with E-state index in [-0.39, 0.29) is 38.0 Å². The van der Waals surface area contributed by atoms with E-state index in [1.165, 1.54) is 89.9 Å². The summed E-state index contributed by atoms with van der Waals surface area (Å²) < 4.78 is 16.7. The molecule has 6 nitrogen and oxygen atoms in total. The molecule has 0 aromatic carbocycles. The van der Waals surface area contributed by atoms with Gasteiger partial charge in [0.15, 0.2) is 6.10 Å². The van der Waals surface area contributed by atoms with Crippen LogP contribution in [0.3, 0.4) is 0 Å². The molecule has 0 saturated carbocycles. The molecule has 0 aromatic rings. The Bertz CT molecular complexity index is 1440. The van der Waals surface area contributed by atoms with Crippen LogP contribution in [0.1, 0.15) is 226 Å². The predicted octanol–water partition coefficient (Wildman–Crippen LogP) is 18.1. The number of esters is 3. The number of allylic oxidation sites excluding steroid dienone is 19. The smallest absolute Gasteiger partial charge is 0.310 e. The van der Waals surface area contributed by atoms with Crippen LogP contribution in [0, 0.1) is 0 Å². The lowest BCUT2D eigenvalue weighted by molar-refractivity contribution is -0.166. The van der Waals surface area contributed by atoms with Crippen molar-refractivity contribution in [2.24, 2.45) is 0 Å². The van der Waals surface area contributed by atoms with Crippen molar-refractivity contribution in [3.8, 4) is 0 Å². The fourth-order valence-corrected chi connectivity index (χ4v) is 6.97. The average molecular weight is 927 g/mol. The van der Waals surface area contributed by atoms with E-state index in [2.05, 4.69) is 130 Å². The van der Waals surface area contributed by atoms with Gasteiger partial charge < -0.3 is 14.2 Å². The van der Waals surface area contributed by atoms with Crippen molar-refractivity contribution in [3.63, 3.8) is 0 Å². The minimum atomic E-state index is -0.853. The van der Waals surface area contributed by atoms with Gasteiger partial charge in [0, 0.05) is 12.8 Å². The van der Waals surface area contributed by atoms with Gasteiger partial charge in [0.1, 0.15) is 13.2 Å². The normalized spacial score (nSPS) is 13.1. The van der Waals surface area contributed by atoms with Crippen molar-refractivity contribution >= 4 is 17.9 Å². The molecule has 0 aliphatic heterocycles. The Hall–Kier alpha value is -4.19. The Kier molecular flexibility index (Phi) is 51.0. The van der Waals surface area contributed by atoms with Gasteiger partial charge in [0.05, 0.1) is 6.42 Å². The first-order valence-corrected chi connectivity index (χ1v) is 27.0. The molecule has 0 amide bonds. The number of carbonyl (C=O) groups excluding carboxylic acids is 3. The second-order valence-corrected chi connectivity index (χ2v) is 17.4. The number of hydrogen-bond donors (Lipinski definition) is 0. The van der Waals surface area contributed by atoms with E-state index in [0.29, 0.717) is 19.3 Å². The van der Waals surface area contributed by atoms with E-state index in [1.54, 1.807) is 6.08 Å². The van der Waals surface area contributed by atoms with Gasteiger partial charge in [-0.15, -0.1) is 0 Å². The van der Waals surface area contributed by atoms with Crippen molar-refractivity contribution in [2.75, 3.05) is 13.2 Å². The highest BCUT2D eigenvalue weighted by molar-refractivity contribution is 5.72. The Morgan fingerprint density at radius 3 is 1.03 bits per heavy atom. The van der Waals surface area contributed by atoms with E-state index >= 15 is 0 Å². The van der Waals surface area contributed by atoms with E-state index in [4.69, 9.17) is 14.2 Å². The molecule has 0 aromatic heterocycles. The van der Waals surface area contributed by atoms with Crippen molar-refractivity contribution < 1.29 is 28.6 Å². The summed E-state index contributed by atoms with van der Waals surface area (Å²) in [4.78, 5) is 38.0. The largest absolute Gasteiger partial charge is 0.462 e. The van der Waals surface area contributed by atoms with Gasteiger partial charge in [-0.2, -0.15) is 0 Å². The minimum absolute atomic E-state index is 0.0832. The monoisotopic (exact) mass is 927 g/mol. The molecular formula is C61H98O6. The summed E-state index contributed by atoms with van der Waals surface area (Å²) in [6.45, 7) is 6.27. The van der Waals surface area contributed by atoms with Gasteiger partial charge in [-0.05, 0) is 109 Å². The lowest BCUT2D eigenvalue weighted by atomic mass is 10.1. The topological polar surface area (TPSA) is 78.9 Å². The standard InChI is InChI=1S/C61H98O6/c1-4-7-10-13-16-19-22-25-28-29-30-31-34-36-39-42-45-48-51-54-60(63)66-57-58(67-61(64)55-52-49-46-43-40-37-33-27-24-21-18-15-12-9-6-3)56-65-59(62)53-50-47-44-41-38-35-32-26-23-20-17-14-11-8-5-2/h8-9,11-12,17-18,20-21,25-28,32-33,38,40-41,43,49,52,58H,4-7,10,13-16,19,22-24,29-31,34-37,39,42,44-48,50-51,53-57H2,1-3H3/b11-8-,12-9-,20-17-,21-18-,28-25-,32-26-,33-27-,41-38-,43-40-,52-49-. The molecule has 0 aliphatic carbocycles. The molecular weight excluding hydrogens is 829 g/mol. The fourth-order valence-electron chi connectivity index (χ4n) is 6.97. The minimum Gasteiger partial charge on any atom is -0.462 e. The molecule has 0 rings (SSSR count). The molecule has 0 aliphatic rings. The van der Waals surface area contributed by atoms with E-state index in [9.17, 15) is 14.4 Å². The van der Waals surface area contributed by atoms with E-state index in [0.717, 1.165) is 83.5 Å². The summed E-state index contributed by atoms with van der Waals surface area (Å²) >= 11 is 0. The van der Waals surface area contributed by atoms with Crippen LogP contribution in [0.5, 0.6) is 0 Å². The summed E-state index contributed by atoms with van der Waals surface area (Å²) in [5.41, 5.74) is 0. The van der Waals surface area contributed by atoms with Crippen molar-refractivity contribution in [2.45, 2.75) is 232 Å². The van der Waals surface area contributed by atoms with E-state index < -0.39 is 12.1 Å². The molecule has 0 spiro atoms. The Balaban J connectivity index is 4.54. The second-order valence-electron chi connectivity index (χ2n) is 17.4. The molecule has 0 bridgehead atoms. The Morgan fingerprint density at radius 1 is 0.328 bits per heavy atom. The molecule has 0 saturated heterocycles. The highest BCUT2D eigenvalue weighted by Crippen LogP contribution is 2.13. The summed E-state index contributed by atoms with van der Waals surface area (Å²) in [6.07, 6.45) is 75.0. The van der Waals surface area contributed by atoms with Crippen molar-refractivity contribution in [1.82, 2.24) is 0 Å². The van der Waals surface area contributed by atoms with Crippen LogP contribution in [-0.2, 0) is 28.6 Å². The lowest BCUT2D eigenvalue weighted by Crippen LogP contribution is -2.30. The quantitative estimate of drug-likeness (QED) is 0.0262. The predicted molar refractivity (Wildman–Crippen MR) is 288 cm³/mol. The molecule has 67 heavy (non-hydrogen) atoms. The van der Waals surface area contributed by atoms with Gasteiger partial charge in [-0.25, -0.2) is 0 Å². The SMILES string of the molecule is CC/C=C\C/C=C\C/C=C\C/C=C\C/C=C\CC(=O)OC(COC(=O)CCCC/C=C\C/C=C\C/C=C\C/C=C\CC)COC(=O)CCCCCCCCCCC/C=C\CCCCCCCC. The maximum absolute atomic E-state index is 12.8. The summed E-state index contributed by atoms with van der Waals surface area (Å²) in [6, 6.07) is 0. The third-order valence-electron chi connectivity index (χ3n) is 11.0. The number of ether oxygens (including phenoxy) is 3. The molecule has 1 unspecified atom stereocenters. The molecule has 0 fully saturated rings. The van der Waals surface area contributed by atoms with Gasteiger partial charge >= 0.3 is 17.9 Å². The van der Waals surface area contributed by atoms with Gasteiger partial charge in [0.25, 0.3) is 0 Å². The Morgan fingerprint density at radius 2 is 0.627 bits per heavy atom. The summed E-state index contributed by atoms with van der Waals surface area (Å²) in [5.74, 6) is -1.12. The molecule has 0 radical (unpaired) electrons. The molecule has 6 heteroatoms. The zero-order valence-electron chi connectivity index (χ0n) is 43.1. The highest BCUT2D eigenvalue weighted by Gasteiger charge is 2.19. The zero-order valence-corrected chi connectivity index (χ0v) is 43.1. The van der Waals surface area contributed by atoms with Gasteiger partial charge in [-0.1, -0.05) is 219 Å². The van der Waals surface area contributed by atoms with Gasteiger partial charge in [-0.3, -0.25) is 14.4 Å². The van der Waals surface area contributed by atoms with Gasteiger partial charge in [0.2, 0.25) is 0 Å². The van der Waals surface area contributed by atoms with Crippen LogP contribution < -0.4 is 0 Å². The number of rotatable bonds is 47. The first kappa shape index (κ1) is 62.8. The van der Waals surface area contributed by atoms with Crippen molar-refractivity contribution in [1.29, 1.82) is 0 Å². The zero-order chi connectivity index (χ0) is 48.6. The van der Waals surface area contributed by atoms with Crippen molar-refractivity contribution in [3.05, 3.63) is 122 Å². The first-order valence-electron chi connectivity index (χ1n) is 27.0. The second kappa shape index (κ2) is 54.4. The summed E-state index contributed by atoms with van der Waals surface area (Å²) in [5, 5.41) is 0. The van der Waals surface area contributed by atoms with Crippen LogP contribution in [0.25, 0.3) is 0 Å². The molecule has 0 N–H and O–H groups in total. The number of carbonyl (C=O) groups is 3. The number of unbranched alkanes of at least 4 members (excludes halogenated alkanes) is 17. The van der Waals surface area contributed by atoms with Crippen LogP contribution in [0.4, 0.5) is 0 Å². The Labute approximate surface area is 412 Å². The number of hydrogen-bond acceptors (Lipinski definition) is 6. The average Bonchev–Trinajstić information content (AvgIpc) is 3.33. The fraction of sp³-hybridized carbons (Fsp3) is 0.623.